The molecule has 5 unspecified atom stereocenters. The zero-order valence-electron chi connectivity index (χ0n) is 6.06. The third-order valence-electron chi connectivity index (χ3n) is 2.92. The molecule has 3 N–H and O–H groups in total. The predicted molar refractivity (Wildman–Crippen MR) is 34.6 cm³/mol. The Morgan fingerprint density at radius 2 is 2.00 bits per heavy atom. The van der Waals surface area contributed by atoms with Gasteiger partial charge < -0.3 is 15.3 Å². The Hall–Kier alpha value is -0.450. The molecule has 11 heavy (non-hydrogen) atoms. The van der Waals surface area contributed by atoms with Crippen molar-refractivity contribution in [1.29, 1.82) is 0 Å². The third-order valence-corrected chi connectivity index (χ3v) is 2.92. The van der Waals surface area contributed by atoms with Gasteiger partial charge in [0.05, 0.1) is 6.10 Å². The lowest BCUT2D eigenvalue weighted by Gasteiger charge is -2.11. The molecule has 0 aliphatic heterocycles. The zero-order valence-corrected chi connectivity index (χ0v) is 6.06. The second kappa shape index (κ2) is 1.65. The van der Waals surface area contributed by atoms with Crippen molar-refractivity contribution in [3.63, 3.8) is 0 Å². The number of ketones is 1. The van der Waals surface area contributed by atoms with Crippen LogP contribution in [-0.2, 0) is 4.79 Å². The van der Waals surface area contributed by atoms with Crippen molar-refractivity contribution >= 4 is 5.78 Å². The van der Waals surface area contributed by atoms with Crippen molar-refractivity contribution in [3.05, 3.63) is 0 Å². The first kappa shape index (κ1) is 7.21. The van der Waals surface area contributed by atoms with Crippen molar-refractivity contribution < 1.29 is 20.1 Å². The molecule has 0 amide bonds. The summed E-state index contributed by atoms with van der Waals surface area (Å²) >= 11 is 0. The highest BCUT2D eigenvalue weighted by Gasteiger charge is 2.77. The molecule has 4 nitrogen and oxygen atoms in total. The van der Waals surface area contributed by atoms with Crippen LogP contribution in [0.25, 0.3) is 0 Å². The maximum absolute atomic E-state index is 11.0. The Kier molecular flexibility index (Phi) is 1.08. The number of fused-ring (bicyclic) bond motifs is 1. The second-order valence-corrected chi connectivity index (χ2v) is 3.46. The topological polar surface area (TPSA) is 77.8 Å². The van der Waals surface area contributed by atoms with Crippen LogP contribution in [0.4, 0.5) is 0 Å². The molecule has 2 saturated carbocycles. The van der Waals surface area contributed by atoms with Gasteiger partial charge in [0.15, 0.2) is 11.4 Å². The standard InChI is InChI=1S/C7H10O4/c1-2-3-5(9)7(3,11)6(10)4(2)8/h2-5,8-9,11H,1H3. The van der Waals surface area contributed by atoms with E-state index in [4.69, 9.17) is 10.2 Å². The van der Waals surface area contributed by atoms with Crippen LogP contribution in [-0.4, -0.2) is 38.9 Å². The summed E-state index contributed by atoms with van der Waals surface area (Å²) in [5.74, 6) is -1.38. The van der Waals surface area contributed by atoms with Crippen LogP contribution in [0.5, 0.6) is 0 Å². The molecule has 2 fully saturated rings. The lowest BCUT2D eigenvalue weighted by Crippen LogP contribution is -2.34. The van der Waals surface area contributed by atoms with E-state index >= 15 is 0 Å². The number of aliphatic hydroxyl groups is 3. The largest absolute Gasteiger partial charge is 0.389 e. The number of rotatable bonds is 0. The smallest absolute Gasteiger partial charge is 0.196 e. The van der Waals surface area contributed by atoms with Gasteiger partial charge in [0, 0.05) is 5.92 Å². The van der Waals surface area contributed by atoms with Crippen molar-refractivity contribution in [2.24, 2.45) is 11.8 Å². The van der Waals surface area contributed by atoms with Gasteiger partial charge in [-0.1, -0.05) is 6.92 Å². The molecular weight excluding hydrogens is 148 g/mol. The third kappa shape index (κ3) is 0.547. The first-order valence-corrected chi connectivity index (χ1v) is 3.64. The summed E-state index contributed by atoms with van der Waals surface area (Å²) in [6.45, 7) is 1.65. The average Bonchev–Trinajstić information content (AvgIpc) is 2.46. The minimum absolute atomic E-state index is 0.317. The van der Waals surface area contributed by atoms with E-state index in [-0.39, 0.29) is 5.92 Å². The normalized spacial score (nSPS) is 61.3. The highest BCUT2D eigenvalue weighted by atomic mass is 16.4. The fourth-order valence-corrected chi connectivity index (χ4v) is 2.05. The quantitative estimate of drug-likeness (QED) is 0.392. The summed E-state index contributed by atoms with van der Waals surface area (Å²) in [5, 5.41) is 27.6. The number of Topliss-reactive ketones (excluding diaryl/α,β-unsaturated/α-hetero) is 1. The number of aliphatic hydroxyl groups excluding tert-OH is 2. The molecule has 0 aromatic carbocycles. The van der Waals surface area contributed by atoms with Crippen LogP contribution in [0.15, 0.2) is 0 Å². The molecule has 0 radical (unpaired) electrons. The molecule has 0 saturated heterocycles. The number of carbonyl (C=O) groups is 1. The van der Waals surface area contributed by atoms with Gasteiger partial charge in [0.1, 0.15) is 6.10 Å². The number of carbonyl (C=O) groups excluding carboxylic acids is 1. The predicted octanol–water partition coefficient (Wildman–Crippen LogP) is -1.71. The molecule has 0 heterocycles. The van der Waals surface area contributed by atoms with Crippen molar-refractivity contribution in [2.45, 2.75) is 24.7 Å². The lowest BCUT2D eigenvalue weighted by atomic mass is 10.0. The summed E-state index contributed by atoms with van der Waals surface area (Å²) in [6, 6.07) is 0. The fraction of sp³-hybridized carbons (Fsp3) is 0.857. The Labute approximate surface area is 63.5 Å². The van der Waals surface area contributed by atoms with E-state index in [1.165, 1.54) is 0 Å². The van der Waals surface area contributed by atoms with E-state index in [2.05, 4.69) is 0 Å². The molecular formula is C7H10O4. The minimum atomic E-state index is -1.61. The molecule has 0 bridgehead atoms. The van der Waals surface area contributed by atoms with Crippen LogP contribution in [0, 0.1) is 11.8 Å². The van der Waals surface area contributed by atoms with Gasteiger partial charge >= 0.3 is 0 Å². The molecule has 62 valence electrons. The summed E-state index contributed by atoms with van der Waals surface area (Å²) in [7, 11) is 0. The van der Waals surface area contributed by atoms with Gasteiger partial charge in [0.25, 0.3) is 0 Å². The van der Waals surface area contributed by atoms with Crippen molar-refractivity contribution in [2.75, 3.05) is 0 Å². The molecule has 2 rings (SSSR count). The second-order valence-electron chi connectivity index (χ2n) is 3.46. The van der Waals surface area contributed by atoms with Gasteiger partial charge in [-0.2, -0.15) is 0 Å². The lowest BCUT2D eigenvalue weighted by molar-refractivity contribution is -0.137. The number of hydrogen-bond acceptors (Lipinski definition) is 4. The van der Waals surface area contributed by atoms with Gasteiger partial charge in [-0.3, -0.25) is 4.79 Å². The van der Waals surface area contributed by atoms with Crippen LogP contribution in [0.2, 0.25) is 0 Å². The van der Waals surface area contributed by atoms with Crippen molar-refractivity contribution in [1.82, 2.24) is 0 Å². The Balaban J connectivity index is 2.34. The van der Waals surface area contributed by atoms with E-state index in [1.807, 2.05) is 0 Å². The van der Waals surface area contributed by atoms with E-state index in [0.29, 0.717) is 0 Å². The van der Waals surface area contributed by atoms with E-state index < -0.39 is 29.5 Å². The fourth-order valence-electron chi connectivity index (χ4n) is 2.05. The van der Waals surface area contributed by atoms with Crippen LogP contribution in [0.3, 0.4) is 0 Å². The van der Waals surface area contributed by atoms with Gasteiger partial charge in [-0.05, 0) is 5.92 Å². The Bertz CT molecular complexity index is 226. The molecule has 4 heteroatoms. The Morgan fingerprint density at radius 3 is 2.27 bits per heavy atom. The summed E-state index contributed by atoms with van der Waals surface area (Å²) < 4.78 is 0. The molecule has 0 spiro atoms. The summed E-state index contributed by atoms with van der Waals surface area (Å²) in [4.78, 5) is 11.0. The maximum Gasteiger partial charge on any atom is 0.196 e. The molecule has 2 aliphatic rings. The summed E-state index contributed by atoms with van der Waals surface area (Å²) in [5.41, 5.74) is -1.61. The molecule has 5 atom stereocenters. The first-order chi connectivity index (χ1) is 5.01. The highest BCUT2D eigenvalue weighted by molar-refractivity contribution is 5.98. The summed E-state index contributed by atoms with van der Waals surface area (Å²) in [6.07, 6.45) is -2.04. The maximum atomic E-state index is 11.0. The molecule has 0 aromatic rings. The van der Waals surface area contributed by atoms with Gasteiger partial charge in [-0.25, -0.2) is 0 Å². The average molecular weight is 158 g/mol. The first-order valence-electron chi connectivity index (χ1n) is 3.64. The minimum Gasteiger partial charge on any atom is -0.389 e. The monoisotopic (exact) mass is 158 g/mol. The number of hydrogen-bond donors (Lipinski definition) is 3. The van der Waals surface area contributed by atoms with Crippen LogP contribution in [0.1, 0.15) is 6.92 Å². The molecule has 2 aliphatic carbocycles. The van der Waals surface area contributed by atoms with Crippen LogP contribution >= 0.6 is 0 Å². The SMILES string of the molecule is CC1C(O)C(=O)C2(O)C(O)C12. The molecule has 0 aromatic heterocycles. The van der Waals surface area contributed by atoms with Crippen LogP contribution < -0.4 is 0 Å². The van der Waals surface area contributed by atoms with E-state index in [9.17, 15) is 9.90 Å². The van der Waals surface area contributed by atoms with E-state index in [1.54, 1.807) is 6.92 Å². The highest BCUT2D eigenvalue weighted by Crippen LogP contribution is 2.56. The Morgan fingerprint density at radius 1 is 1.45 bits per heavy atom. The van der Waals surface area contributed by atoms with E-state index in [0.717, 1.165) is 0 Å². The van der Waals surface area contributed by atoms with Gasteiger partial charge in [0.2, 0.25) is 0 Å². The zero-order chi connectivity index (χ0) is 8.39. The van der Waals surface area contributed by atoms with Crippen molar-refractivity contribution in [3.8, 4) is 0 Å². The van der Waals surface area contributed by atoms with Gasteiger partial charge in [-0.15, -0.1) is 0 Å².